The van der Waals surface area contributed by atoms with Crippen LogP contribution in [0.15, 0.2) is 30.5 Å². The Kier molecular flexibility index (Phi) is 4.27. The van der Waals surface area contributed by atoms with E-state index in [1.54, 1.807) is 6.20 Å². The molecule has 22 heavy (non-hydrogen) atoms. The van der Waals surface area contributed by atoms with Crippen LogP contribution in [-0.2, 0) is 0 Å². The van der Waals surface area contributed by atoms with Crippen LogP contribution in [0.3, 0.4) is 0 Å². The zero-order chi connectivity index (χ0) is 15.5. The summed E-state index contributed by atoms with van der Waals surface area (Å²) in [5.74, 6) is 0.124. The molecule has 0 radical (unpaired) electrons. The van der Waals surface area contributed by atoms with Gasteiger partial charge in [-0.15, -0.1) is 0 Å². The third-order valence-electron chi connectivity index (χ3n) is 4.48. The summed E-state index contributed by atoms with van der Waals surface area (Å²) in [6.07, 6.45) is 6.39. The van der Waals surface area contributed by atoms with Gasteiger partial charge in [0, 0.05) is 13.1 Å². The molecule has 4 nitrogen and oxygen atoms in total. The molecule has 1 saturated heterocycles. The van der Waals surface area contributed by atoms with Gasteiger partial charge in [0.1, 0.15) is 0 Å². The van der Waals surface area contributed by atoms with E-state index in [2.05, 4.69) is 18.1 Å². The van der Waals surface area contributed by atoms with Crippen LogP contribution in [0.1, 0.15) is 47.3 Å². The van der Waals surface area contributed by atoms with Gasteiger partial charge in [-0.25, -0.2) is 4.68 Å². The Bertz CT molecular complexity index is 667. The molecular weight excluding hydrogens is 274 g/mol. The van der Waals surface area contributed by atoms with E-state index >= 15 is 0 Å². The zero-order valence-corrected chi connectivity index (χ0v) is 13.4. The van der Waals surface area contributed by atoms with Gasteiger partial charge in [-0.05, 0) is 38.3 Å². The molecule has 3 rings (SSSR count). The van der Waals surface area contributed by atoms with Crippen molar-refractivity contribution in [3.8, 4) is 5.69 Å². The molecule has 1 aromatic heterocycles. The molecule has 1 aromatic carbocycles. The van der Waals surface area contributed by atoms with Crippen LogP contribution in [0.4, 0.5) is 0 Å². The van der Waals surface area contributed by atoms with Gasteiger partial charge in [0.15, 0.2) is 0 Å². The van der Waals surface area contributed by atoms with Crippen molar-refractivity contribution in [1.82, 2.24) is 14.7 Å². The Balaban J connectivity index is 1.90. The number of aromatic nitrogens is 2. The number of benzene rings is 1. The average Bonchev–Trinajstić information content (AvgIpc) is 2.75. The second-order valence-electron chi connectivity index (χ2n) is 6.05. The molecule has 2 heterocycles. The maximum atomic E-state index is 12.8. The van der Waals surface area contributed by atoms with Gasteiger partial charge in [0.2, 0.25) is 0 Å². The third kappa shape index (κ3) is 2.78. The van der Waals surface area contributed by atoms with Gasteiger partial charge in [-0.3, -0.25) is 4.79 Å². The summed E-state index contributed by atoms with van der Waals surface area (Å²) in [6, 6.07) is 8.11. The van der Waals surface area contributed by atoms with Crippen LogP contribution in [0.2, 0.25) is 0 Å². The van der Waals surface area contributed by atoms with Gasteiger partial charge in [-0.1, -0.05) is 31.0 Å². The highest BCUT2D eigenvalue weighted by Crippen LogP contribution is 2.20. The highest BCUT2D eigenvalue weighted by Gasteiger charge is 2.22. The number of aryl methyl sites for hydroxylation is 1. The quantitative estimate of drug-likeness (QED) is 0.851. The van der Waals surface area contributed by atoms with Gasteiger partial charge in [0.25, 0.3) is 5.91 Å². The first-order chi connectivity index (χ1) is 10.7. The summed E-state index contributed by atoms with van der Waals surface area (Å²) in [4.78, 5) is 14.8. The highest BCUT2D eigenvalue weighted by atomic mass is 16.2. The van der Waals surface area contributed by atoms with Crippen molar-refractivity contribution >= 4 is 5.91 Å². The molecule has 0 bridgehead atoms. The molecule has 116 valence electrons. The normalized spacial score (nSPS) is 15.6. The van der Waals surface area contributed by atoms with Gasteiger partial charge < -0.3 is 4.90 Å². The van der Waals surface area contributed by atoms with Crippen LogP contribution in [0.5, 0.6) is 0 Å². The number of likely N-dealkylation sites (tertiary alicyclic amines) is 1. The van der Waals surface area contributed by atoms with E-state index in [0.717, 1.165) is 48.4 Å². The fourth-order valence-electron chi connectivity index (χ4n) is 3.11. The van der Waals surface area contributed by atoms with E-state index in [0.29, 0.717) is 0 Å². The third-order valence-corrected chi connectivity index (χ3v) is 4.48. The molecule has 0 N–H and O–H groups in total. The minimum Gasteiger partial charge on any atom is -0.339 e. The first-order valence-electron chi connectivity index (χ1n) is 8.08. The van der Waals surface area contributed by atoms with Crippen molar-refractivity contribution in [3.05, 3.63) is 47.3 Å². The number of hydrogen-bond donors (Lipinski definition) is 0. The van der Waals surface area contributed by atoms with Crippen molar-refractivity contribution in [1.29, 1.82) is 0 Å². The maximum absolute atomic E-state index is 12.8. The SMILES string of the molecule is Cc1ccccc1-n1ncc(C(=O)N2CCCCCC2)c1C. The summed E-state index contributed by atoms with van der Waals surface area (Å²) in [7, 11) is 0. The summed E-state index contributed by atoms with van der Waals surface area (Å²) < 4.78 is 1.88. The average molecular weight is 297 g/mol. The second-order valence-corrected chi connectivity index (χ2v) is 6.05. The fourth-order valence-corrected chi connectivity index (χ4v) is 3.11. The van der Waals surface area contributed by atoms with E-state index in [-0.39, 0.29) is 5.91 Å². The Morgan fingerprint density at radius 2 is 1.73 bits per heavy atom. The first kappa shape index (κ1) is 14.8. The van der Waals surface area contributed by atoms with Gasteiger partial charge in [0.05, 0.1) is 23.1 Å². The molecule has 2 aromatic rings. The van der Waals surface area contributed by atoms with Crippen molar-refractivity contribution in [2.75, 3.05) is 13.1 Å². The van der Waals surface area contributed by atoms with Crippen LogP contribution in [0.25, 0.3) is 5.69 Å². The second kappa shape index (κ2) is 6.34. The van der Waals surface area contributed by atoms with Gasteiger partial charge >= 0.3 is 0 Å². The molecule has 0 saturated carbocycles. The van der Waals surface area contributed by atoms with Crippen LogP contribution < -0.4 is 0 Å². The first-order valence-corrected chi connectivity index (χ1v) is 8.08. The monoisotopic (exact) mass is 297 g/mol. The Morgan fingerprint density at radius 3 is 2.41 bits per heavy atom. The predicted molar refractivity (Wildman–Crippen MR) is 87.4 cm³/mol. The smallest absolute Gasteiger partial charge is 0.257 e. The molecule has 0 aliphatic carbocycles. The van der Waals surface area contributed by atoms with E-state index in [9.17, 15) is 4.79 Å². The maximum Gasteiger partial charge on any atom is 0.257 e. The van der Waals surface area contributed by atoms with Crippen molar-refractivity contribution in [3.63, 3.8) is 0 Å². The lowest BCUT2D eigenvalue weighted by molar-refractivity contribution is 0.0761. The standard InChI is InChI=1S/C18H23N3O/c1-14-9-5-6-10-17(14)21-15(2)16(13-19-21)18(22)20-11-7-3-4-8-12-20/h5-6,9-10,13H,3-4,7-8,11-12H2,1-2H3. The minimum atomic E-state index is 0.124. The van der Waals surface area contributed by atoms with E-state index in [4.69, 9.17) is 0 Å². The van der Waals surface area contributed by atoms with E-state index < -0.39 is 0 Å². The summed E-state index contributed by atoms with van der Waals surface area (Å²) >= 11 is 0. The molecule has 0 atom stereocenters. The zero-order valence-electron chi connectivity index (χ0n) is 13.4. The molecule has 1 aliphatic heterocycles. The number of rotatable bonds is 2. The molecular formula is C18H23N3O. The Morgan fingerprint density at radius 1 is 1.05 bits per heavy atom. The van der Waals surface area contributed by atoms with Crippen molar-refractivity contribution < 1.29 is 4.79 Å². The summed E-state index contributed by atoms with van der Waals surface area (Å²) in [5, 5.41) is 4.46. The molecule has 1 aliphatic rings. The largest absolute Gasteiger partial charge is 0.339 e. The molecule has 1 amide bonds. The lowest BCUT2D eigenvalue weighted by Crippen LogP contribution is -2.32. The lowest BCUT2D eigenvalue weighted by atomic mass is 10.2. The van der Waals surface area contributed by atoms with Crippen LogP contribution in [0, 0.1) is 13.8 Å². The number of hydrogen-bond acceptors (Lipinski definition) is 2. The predicted octanol–water partition coefficient (Wildman–Crippen LogP) is 3.51. The molecule has 0 spiro atoms. The number of nitrogens with zero attached hydrogens (tertiary/aromatic N) is 3. The number of carbonyl (C=O) groups excluding carboxylic acids is 1. The number of amides is 1. The molecule has 1 fully saturated rings. The van der Waals surface area contributed by atoms with Crippen molar-refractivity contribution in [2.45, 2.75) is 39.5 Å². The highest BCUT2D eigenvalue weighted by molar-refractivity contribution is 5.95. The topological polar surface area (TPSA) is 38.1 Å². The molecule has 4 heteroatoms. The lowest BCUT2D eigenvalue weighted by Gasteiger charge is -2.20. The number of carbonyl (C=O) groups is 1. The van der Waals surface area contributed by atoms with E-state index in [1.807, 2.05) is 34.7 Å². The Labute approximate surface area is 131 Å². The molecule has 0 unspecified atom stereocenters. The van der Waals surface area contributed by atoms with E-state index in [1.165, 1.54) is 12.8 Å². The van der Waals surface area contributed by atoms with Gasteiger partial charge in [-0.2, -0.15) is 5.10 Å². The fraction of sp³-hybridized carbons (Fsp3) is 0.444. The number of para-hydroxylation sites is 1. The minimum absolute atomic E-state index is 0.124. The summed E-state index contributed by atoms with van der Waals surface area (Å²) in [6.45, 7) is 5.78. The summed E-state index contributed by atoms with van der Waals surface area (Å²) in [5.41, 5.74) is 3.84. The van der Waals surface area contributed by atoms with Crippen LogP contribution in [-0.4, -0.2) is 33.7 Å². The van der Waals surface area contributed by atoms with Crippen molar-refractivity contribution in [2.24, 2.45) is 0 Å². The van der Waals surface area contributed by atoms with Crippen LogP contribution >= 0.6 is 0 Å². The Hall–Kier alpha value is -2.10.